The van der Waals surface area contributed by atoms with E-state index in [2.05, 4.69) is 9.97 Å². The van der Waals surface area contributed by atoms with Crippen molar-refractivity contribution in [1.82, 2.24) is 14.9 Å². The Kier molecular flexibility index (Phi) is 4.70. The number of fused-ring (bicyclic) bond motifs is 2. The highest BCUT2D eigenvalue weighted by atomic mass is 19.1. The fourth-order valence-corrected chi connectivity index (χ4v) is 3.73. The van der Waals surface area contributed by atoms with Gasteiger partial charge in [-0.3, -0.25) is 4.79 Å². The molecule has 0 bridgehead atoms. The summed E-state index contributed by atoms with van der Waals surface area (Å²) < 4.78 is 25.5. The van der Waals surface area contributed by atoms with Gasteiger partial charge in [-0.05, 0) is 24.6 Å². The summed E-state index contributed by atoms with van der Waals surface area (Å²) >= 11 is 0. The van der Waals surface area contributed by atoms with Crippen molar-refractivity contribution in [3.05, 3.63) is 41.3 Å². The first-order chi connectivity index (χ1) is 14.0. The molecule has 1 aliphatic rings. The third kappa shape index (κ3) is 2.91. The number of hydrogen-bond acceptors (Lipinski definition) is 6. The first-order valence-electron chi connectivity index (χ1n) is 9.29. The molecule has 0 saturated carbocycles. The van der Waals surface area contributed by atoms with E-state index in [9.17, 15) is 9.18 Å². The molecule has 1 aliphatic heterocycles. The average Bonchev–Trinajstić information content (AvgIpc) is 3.03. The van der Waals surface area contributed by atoms with Crippen molar-refractivity contribution < 1.29 is 18.7 Å². The number of anilines is 1. The van der Waals surface area contributed by atoms with Crippen LogP contribution in [-0.4, -0.2) is 41.5 Å². The number of hydrogen-bond donors (Lipinski definition) is 1. The van der Waals surface area contributed by atoms with Gasteiger partial charge in [0.05, 0.1) is 43.2 Å². The number of carbonyl (C=O) groups is 1. The largest absolute Gasteiger partial charge is 0.481 e. The number of ether oxygens (including phenoxy) is 2. The highest BCUT2D eigenvalue weighted by Crippen LogP contribution is 2.40. The van der Waals surface area contributed by atoms with E-state index < -0.39 is 5.82 Å². The number of aromatic nitrogens is 2. The Labute approximate surface area is 167 Å². The number of nitrogens with two attached hydrogens (primary N) is 1. The predicted octanol–water partition coefficient (Wildman–Crippen LogP) is 3.40. The van der Waals surface area contributed by atoms with Crippen molar-refractivity contribution in [2.24, 2.45) is 0 Å². The molecule has 2 N–H and O–H groups in total. The summed E-state index contributed by atoms with van der Waals surface area (Å²) in [7, 11) is 2.94. The highest BCUT2D eigenvalue weighted by molar-refractivity contribution is 6.11. The Morgan fingerprint density at radius 2 is 1.93 bits per heavy atom. The second-order valence-corrected chi connectivity index (χ2v) is 6.80. The number of benzene rings is 1. The number of nitrogen functional groups attached to an aromatic ring is 1. The van der Waals surface area contributed by atoms with Gasteiger partial charge in [0.15, 0.2) is 0 Å². The summed E-state index contributed by atoms with van der Waals surface area (Å²) in [5.41, 5.74) is 8.66. The molecule has 7 nitrogen and oxygen atoms in total. The summed E-state index contributed by atoms with van der Waals surface area (Å²) in [6.45, 7) is 2.97. The normalized spacial score (nSPS) is 13.1. The molecule has 0 spiro atoms. The topological polar surface area (TPSA) is 90.6 Å². The minimum absolute atomic E-state index is 0.136. The molecule has 3 heterocycles. The number of amides is 1. The Hall–Kier alpha value is -3.42. The SMILES string of the molecule is CCCN1Cc2nc3c(-c4ccc(OC)nc4OC)c(F)ccc3c(N)c2C1=O. The lowest BCUT2D eigenvalue weighted by Crippen LogP contribution is -2.24. The predicted molar refractivity (Wildman–Crippen MR) is 107 cm³/mol. The molecule has 1 amide bonds. The number of rotatable bonds is 5. The van der Waals surface area contributed by atoms with Crippen LogP contribution in [0.1, 0.15) is 29.4 Å². The Morgan fingerprint density at radius 3 is 2.62 bits per heavy atom. The van der Waals surface area contributed by atoms with Gasteiger partial charge in [0.1, 0.15) is 5.82 Å². The lowest BCUT2D eigenvalue weighted by atomic mass is 9.99. The van der Waals surface area contributed by atoms with Gasteiger partial charge in [0, 0.05) is 29.1 Å². The lowest BCUT2D eigenvalue weighted by molar-refractivity contribution is 0.0779. The zero-order valence-electron chi connectivity index (χ0n) is 16.5. The molecule has 0 unspecified atom stereocenters. The molecule has 0 atom stereocenters. The Bertz CT molecular complexity index is 1130. The summed E-state index contributed by atoms with van der Waals surface area (Å²) in [5.74, 6) is -0.0617. The van der Waals surface area contributed by atoms with E-state index in [1.165, 1.54) is 20.3 Å². The van der Waals surface area contributed by atoms with Crippen LogP contribution in [0.4, 0.5) is 10.1 Å². The molecule has 2 aromatic heterocycles. The molecule has 1 aromatic carbocycles. The van der Waals surface area contributed by atoms with Crippen LogP contribution < -0.4 is 15.2 Å². The number of pyridine rings is 2. The molecule has 8 heteroatoms. The van der Waals surface area contributed by atoms with E-state index >= 15 is 0 Å². The lowest BCUT2D eigenvalue weighted by Gasteiger charge is -2.14. The summed E-state index contributed by atoms with van der Waals surface area (Å²) in [5, 5.41) is 0.518. The van der Waals surface area contributed by atoms with Gasteiger partial charge >= 0.3 is 0 Å². The molecule has 0 saturated heterocycles. The van der Waals surface area contributed by atoms with E-state index in [0.29, 0.717) is 52.4 Å². The zero-order valence-corrected chi connectivity index (χ0v) is 16.5. The molecule has 0 radical (unpaired) electrons. The second kappa shape index (κ2) is 7.20. The van der Waals surface area contributed by atoms with E-state index in [1.54, 1.807) is 23.1 Å². The Balaban J connectivity index is 1.99. The van der Waals surface area contributed by atoms with Crippen molar-refractivity contribution in [3.8, 4) is 22.9 Å². The van der Waals surface area contributed by atoms with Crippen LogP contribution in [0.5, 0.6) is 11.8 Å². The maximum absolute atomic E-state index is 15.0. The first kappa shape index (κ1) is 18.9. The van der Waals surface area contributed by atoms with Gasteiger partial charge < -0.3 is 20.1 Å². The van der Waals surface area contributed by atoms with Gasteiger partial charge in [0.2, 0.25) is 11.8 Å². The highest BCUT2D eigenvalue weighted by Gasteiger charge is 2.32. The van der Waals surface area contributed by atoms with Crippen molar-refractivity contribution >= 4 is 22.5 Å². The maximum Gasteiger partial charge on any atom is 0.258 e. The zero-order chi connectivity index (χ0) is 20.7. The summed E-state index contributed by atoms with van der Waals surface area (Å²) in [4.78, 5) is 23.3. The van der Waals surface area contributed by atoms with Crippen LogP contribution in [0.15, 0.2) is 24.3 Å². The van der Waals surface area contributed by atoms with Crippen molar-refractivity contribution in [2.75, 3.05) is 26.5 Å². The van der Waals surface area contributed by atoms with Crippen LogP contribution in [0.25, 0.3) is 22.0 Å². The van der Waals surface area contributed by atoms with E-state index in [4.69, 9.17) is 15.2 Å². The summed E-state index contributed by atoms with van der Waals surface area (Å²) in [6.07, 6.45) is 0.827. The molecule has 3 aromatic rings. The monoisotopic (exact) mass is 396 g/mol. The molecule has 4 rings (SSSR count). The van der Waals surface area contributed by atoms with Gasteiger partial charge in [0.25, 0.3) is 5.91 Å². The van der Waals surface area contributed by atoms with Gasteiger partial charge in [-0.1, -0.05) is 6.92 Å². The first-order valence-corrected chi connectivity index (χ1v) is 9.29. The van der Waals surface area contributed by atoms with Crippen LogP contribution in [0, 0.1) is 5.82 Å². The maximum atomic E-state index is 15.0. The van der Waals surface area contributed by atoms with E-state index in [1.807, 2.05) is 6.92 Å². The smallest absolute Gasteiger partial charge is 0.258 e. The summed E-state index contributed by atoms with van der Waals surface area (Å²) in [6, 6.07) is 6.16. The van der Waals surface area contributed by atoms with Crippen molar-refractivity contribution in [3.63, 3.8) is 0 Å². The standard InChI is InChI=1S/C21H21FN4O3/c1-4-9-26-10-14-17(21(26)27)18(23)12-5-7-13(22)16(19(12)24-14)11-6-8-15(28-2)25-20(11)29-3/h5-8H,4,9-10H2,1-3H3,(H2,23,24). The molecule has 150 valence electrons. The fourth-order valence-electron chi connectivity index (χ4n) is 3.73. The minimum Gasteiger partial charge on any atom is -0.481 e. The number of carbonyl (C=O) groups excluding carboxylic acids is 1. The van der Waals surface area contributed by atoms with Crippen LogP contribution in [0.3, 0.4) is 0 Å². The van der Waals surface area contributed by atoms with Crippen LogP contribution in [-0.2, 0) is 6.54 Å². The quantitative estimate of drug-likeness (QED) is 0.711. The Morgan fingerprint density at radius 1 is 1.14 bits per heavy atom. The van der Waals surface area contributed by atoms with Crippen LogP contribution >= 0.6 is 0 Å². The number of nitrogens with zero attached hydrogens (tertiary/aromatic N) is 3. The minimum atomic E-state index is -0.482. The third-order valence-electron chi connectivity index (χ3n) is 5.06. The van der Waals surface area contributed by atoms with E-state index in [0.717, 1.165) is 6.42 Å². The molecule has 29 heavy (non-hydrogen) atoms. The molecular weight excluding hydrogens is 375 g/mol. The van der Waals surface area contributed by atoms with Gasteiger partial charge in [-0.25, -0.2) is 9.37 Å². The number of methoxy groups -OCH3 is 2. The third-order valence-corrected chi connectivity index (χ3v) is 5.06. The van der Waals surface area contributed by atoms with Gasteiger partial charge in [-0.2, -0.15) is 4.98 Å². The van der Waals surface area contributed by atoms with Gasteiger partial charge in [-0.15, -0.1) is 0 Å². The average molecular weight is 396 g/mol. The van der Waals surface area contributed by atoms with Crippen molar-refractivity contribution in [2.45, 2.75) is 19.9 Å². The second-order valence-electron chi connectivity index (χ2n) is 6.80. The fraction of sp³-hybridized carbons (Fsp3) is 0.286. The number of halogens is 1. The molecule has 0 fully saturated rings. The molecule has 0 aliphatic carbocycles. The van der Waals surface area contributed by atoms with E-state index in [-0.39, 0.29) is 17.4 Å². The molecular formula is C21H21FN4O3. The van der Waals surface area contributed by atoms with Crippen molar-refractivity contribution in [1.29, 1.82) is 0 Å². The van der Waals surface area contributed by atoms with Crippen LogP contribution in [0.2, 0.25) is 0 Å².